The summed E-state index contributed by atoms with van der Waals surface area (Å²) < 4.78 is 18.1. The van der Waals surface area contributed by atoms with E-state index in [9.17, 15) is 4.39 Å². The van der Waals surface area contributed by atoms with Crippen LogP contribution in [0.1, 0.15) is 5.56 Å². The van der Waals surface area contributed by atoms with Gasteiger partial charge < -0.3 is 10.1 Å². The molecular formula is C15H12ClFN2O. The smallest absolute Gasteiger partial charge is 0.123 e. The molecule has 0 fully saturated rings. The third-order valence-corrected chi connectivity index (χ3v) is 2.92. The predicted octanol–water partition coefficient (Wildman–Crippen LogP) is 3.84. The van der Waals surface area contributed by atoms with Crippen LogP contribution in [0.3, 0.4) is 0 Å². The summed E-state index contributed by atoms with van der Waals surface area (Å²) in [4.78, 5) is 0. The van der Waals surface area contributed by atoms with E-state index in [0.29, 0.717) is 29.5 Å². The molecule has 2 aromatic rings. The van der Waals surface area contributed by atoms with Crippen molar-refractivity contribution in [1.82, 2.24) is 0 Å². The minimum atomic E-state index is -0.289. The zero-order chi connectivity index (χ0) is 14.4. The van der Waals surface area contributed by atoms with Gasteiger partial charge >= 0.3 is 0 Å². The van der Waals surface area contributed by atoms with Gasteiger partial charge in [0.15, 0.2) is 0 Å². The molecule has 3 nitrogen and oxygen atoms in total. The van der Waals surface area contributed by atoms with Crippen molar-refractivity contribution in [2.75, 3.05) is 18.5 Å². The van der Waals surface area contributed by atoms with E-state index in [2.05, 4.69) is 5.32 Å². The summed E-state index contributed by atoms with van der Waals surface area (Å²) in [5, 5.41) is 12.3. The molecular weight excluding hydrogens is 279 g/mol. The van der Waals surface area contributed by atoms with Gasteiger partial charge in [0.2, 0.25) is 0 Å². The average molecular weight is 291 g/mol. The molecule has 2 rings (SSSR count). The van der Waals surface area contributed by atoms with Crippen LogP contribution in [-0.2, 0) is 0 Å². The number of ether oxygens (including phenoxy) is 1. The Bertz CT molecular complexity index is 623. The number of halogens is 2. The zero-order valence-corrected chi connectivity index (χ0v) is 11.3. The predicted molar refractivity (Wildman–Crippen MR) is 76.6 cm³/mol. The van der Waals surface area contributed by atoms with Crippen LogP contribution in [0, 0.1) is 17.1 Å². The molecule has 1 N–H and O–H groups in total. The Labute approximate surface area is 121 Å². The summed E-state index contributed by atoms with van der Waals surface area (Å²) in [5.41, 5.74) is 1.26. The number of nitriles is 1. The zero-order valence-electron chi connectivity index (χ0n) is 10.6. The molecule has 0 saturated heterocycles. The third-order valence-electron chi connectivity index (χ3n) is 2.60. The number of benzene rings is 2. The van der Waals surface area contributed by atoms with Gasteiger partial charge in [0.05, 0.1) is 10.6 Å². The Morgan fingerprint density at radius 2 is 1.95 bits per heavy atom. The van der Waals surface area contributed by atoms with Crippen LogP contribution in [0.4, 0.5) is 10.1 Å². The van der Waals surface area contributed by atoms with E-state index in [1.54, 1.807) is 30.3 Å². The van der Waals surface area contributed by atoms with E-state index in [1.807, 2.05) is 6.07 Å². The van der Waals surface area contributed by atoms with Gasteiger partial charge in [-0.1, -0.05) is 11.6 Å². The van der Waals surface area contributed by atoms with Crippen molar-refractivity contribution >= 4 is 17.3 Å². The largest absolute Gasteiger partial charge is 0.492 e. The summed E-state index contributed by atoms with van der Waals surface area (Å²) in [5.74, 6) is 0.328. The van der Waals surface area contributed by atoms with Gasteiger partial charge in [0, 0.05) is 12.2 Å². The molecule has 0 heterocycles. The first-order chi connectivity index (χ1) is 9.69. The third kappa shape index (κ3) is 3.87. The van der Waals surface area contributed by atoms with Crippen molar-refractivity contribution in [2.24, 2.45) is 0 Å². The maximum atomic E-state index is 12.7. The molecule has 0 aliphatic carbocycles. The minimum absolute atomic E-state index is 0.289. The highest BCUT2D eigenvalue weighted by Crippen LogP contribution is 2.20. The summed E-state index contributed by atoms with van der Waals surface area (Å²) in [6.07, 6.45) is 0. The van der Waals surface area contributed by atoms with Crippen molar-refractivity contribution in [3.63, 3.8) is 0 Å². The number of nitrogens with zero attached hydrogens (tertiary/aromatic N) is 1. The maximum Gasteiger partial charge on any atom is 0.123 e. The molecule has 0 amide bonds. The van der Waals surface area contributed by atoms with Crippen LogP contribution in [0.5, 0.6) is 5.75 Å². The molecule has 0 atom stereocenters. The highest BCUT2D eigenvalue weighted by atomic mass is 35.5. The Kier molecular flexibility index (Phi) is 4.80. The van der Waals surface area contributed by atoms with Crippen LogP contribution in [0.2, 0.25) is 5.02 Å². The number of hydrogen-bond acceptors (Lipinski definition) is 3. The number of hydrogen-bond donors (Lipinski definition) is 1. The molecule has 0 unspecified atom stereocenters. The van der Waals surface area contributed by atoms with Gasteiger partial charge in [-0.25, -0.2) is 4.39 Å². The number of nitrogens with one attached hydrogen (secondary N) is 1. The van der Waals surface area contributed by atoms with Crippen LogP contribution in [0.25, 0.3) is 0 Å². The van der Waals surface area contributed by atoms with E-state index in [-0.39, 0.29) is 5.82 Å². The highest BCUT2D eigenvalue weighted by Gasteiger charge is 2.00. The molecule has 0 aromatic heterocycles. The fourth-order valence-corrected chi connectivity index (χ4v) is 1.83. The first-order valence-electron chi connectivity index (χ1n) is 6.01. The second-order valence-electron chi connectivity index (χ2n) is 4.04. The van der Waals surface area contributed by atoms with Crippen molar-refractivity contribution in [3.8, 4) is 11.8 Å². The molecule has 0 bridgehead atoms. The normalized spacial score (nSPS) is 9.85. The number of rotatable bonds is 5. The first-order valence-corrected chi connectivity index (χ1v) is 6.39. The lowest BCUT2D eigenvalue weighted by Crippen LogP contribution is -2.11. The molecule has 0 saturated carbocycles. The van der Waals surface area contributed by atoms with Crippen LogP contribution < -0.4 is 10.1 Å². The van der Waals surface area contributed by atoms with E-state index in [4.69, 9.17) is 21.6 Å². The quantitative estimate of drug-likeness (QED) is 0.851. The van der Waals surface area contributed by atoms with Crippen LogP contribution in [-0.4, -0.2) is 13.2 Å². The number of anilines is 1. The molecule has 102 valence electrons. The van der Waals surface area contributed by atoms with Gasteiger partial charge in [0.25, 0.3) is 0 Å². The summed E-state index contributed by atoms with van der Waals surface area (Å²) in [6.45, 7) is 1.00. The minimum Gasteiger partial charge on any atom is -0.492 e. The monoisotopic (exact) mass is 290 g/mol. The summed E-state index contributed by atoms with van der Waals surface area (Å²) in [6, 6.07) is 13.0. The lowest BCUT2D eigenvalue weighted by molar-refractivity contribution is 0.332. The van der Waals surface area contributed by atoms with Gasteiger partial charge in [-0.05, 0) is 42.5 Å². The summed E-state index contributed by atoms with van der Waals surface area (Å²) >= 11 is 5.92. The molecule has 0 spiro atoms. The average Bonchev–Trinajstić information content (AvgIpc) is 2.46. The van der Waals surface area contributed by atoms with E-state index < -0.39 is 0 Å². The van der Waals surface area contributed by atoms with E-state index in [1.165, 1.54) is 12.1 Å². The molecule has 0 aliphatic rings. The van der Waals surface area contributed by atoms with Gasteiger partial charge in [-0.15, -0.1) is 0 Å². The van der Waals surface area contributed by atoms with Crippen LogP contribution in [0.15, 0.2) is 42.5 Å². The Morgan fingerprint density at radius 3 is 2.60 bits per heavy atom. The van der Waals surface area contributed by atoms with Gasteiger partial charge in [-0.2, -0.15) is 5.26 Å². The van der Waals surface area contributed by atoms with Gasteiger partial charge in [-0.3, -0.25) is 0 Å². The molecule has 0 radical (unpaired) electrons. The topological polar surface area (TPSA) is 45.0 Å². The fourth-order valence-electron chi connectivity index (χ4n) is 1.61. The Hall–Kier alpha value is -2.25. The van der Waals surface area contributed by atoms with E-state index in [0.717, 1.165) is 5.69 Å². The van der Waals surface area contributed by atoms with Crippen molar-refractivity contribution in [2.45, 2.75) is 0 Å². The molecule has 0 aliphatic heterocycles. The standard InChI is InChI=1S/C15H12ClFN2O/c16-15-9-13(4-1-11(15)10-18)19-7-8-20-14-5-2-12(17)3-6-14/h1-6,9,19H,7-8H2. The van der Waals surface area contributed by atoms with Gasteiger partial charge in [0.1, 0.15) is 24.2 Å². The maximum absolute atomic E-state index is 12.7. The highest BCUT2D eigenvalue weighted by molar-refractivity contribution is 6.32. The summed E-state index contributed by atoms with van der Waals surface area (Å²) in [7, 11) is 0. The second-order valence-corrected chi connectivity index (χ2v) is 4.44. The fraction of sp³-hybridized carbons (Fsp3) is 0.133. The van der Waals surface area contributed by atoms with Crippen molar-refractivity contribution in [3.05, 3.63) is 58.9 Å². The van der Waals surface area contributed by atoms with Crippen LogP contribution >= 0.6 is 11.6 Å². The van der Waals surface area contributed by atoms with Crippen molar-refractivity contribution in [1.29, 1.82) is 5.26 Å². The van der Waals surface area contributed by atoms with Crippen molar-refractivity contribution < 1.29 is 9.13 Å². The molecule has 5 heteroatoms. The lowest BCUT2D eigenvalue weighted by atomic mass is 10.2. The lowest BCUT2D eigenvalue weighted by Gasteiger charge is -2.09. The second kappa shape index (κ2) is 6.78. The van der Waals surface area contributed by atoms with E-state index >= 15 is 0 Å². The SMILES string of the molecule is N#Cc1ccc(NCCOc2ccc(F)cc2)cc1Cl. The molecule has 20 heavy (non-hydrogen) atoms. The first kappa shape index (κ1) is 14.2. The Balaban J connectivity index is 1.80. The Morgan fingerprint density at radius 1 is 1.20 bits per heavy atom. The molecule has 2 aromatic carbocycles.